The molecule has 4 aliphatic rings. The van der Waals surface area contributed by atoms with E-state index in [1.807, 2.05) is 0 Å². The first-order valence-electron chi connectivity index (χ1n) is 11.7. The number of rotatable bonds is 3. The van der Waals surface area contributed by atoms with Gasteiger partial charge in [-0.1, -0.05) is 30.9 Å². The molecule has 2 amide bonds. The number of pyridine rings is 1. The Morgan fingerprint density at radius 1 is 1.03 bits per heavy atom. The molecule has 0 N–H and O–H groups in total. The Bertz CT molecular complexity index is 859. The number of likely N-dealkylation sites (tertiary alicyclic amines) is 1. The summed E-state index contributed by atoms with van der Waals surface area (Å²) in [6, 6.07) is 2.23. The lowest BCUT2D eigenvalue weighted by atomic mass is 9.78. The van der Waals surface area contributed by atoms with Crippen LogP contribution in [0.25, 0.3) is 0 Å². The van der Waals surface area contributed by atoms with Crippen LogP contribution in [0.3, 0.4) is 0 Å². The number of halogens is 1. The summed E-state index contributed by atoms with van der Waals surface area (Å²) in [6.45, 7) is 3.46. The van der Waals surface area contributed by atoms with Crippen molar-refractivity contribution >= 4 is 35.1 Å². The van der Waals surface area contributed by atoms with Crippen molar-refractivity contribution in [3.8, 4) is 0 Å². The Hall–Kier alpha value is -2.02. The normalized spacial score (nSPS) is 27.8. The first-order valence-corrected chi connectivity index (χ1v) is 12.1. The van der Waals surface area contributed by atoms with E-state index >= 15 is 0 Å². The van der Waals surface area contributed by atoms with E-state index in [0.29, 0.717) is 48.2 Å². The highest BCUT2D eigenvalue weighted by Crippen LogP contribution is 2.44. The highest BCUT2D eigenvalue weighted by atomic mass is 35.5. The number of carbonyl (C=O) groups excluding carboxylic acids is 2. The Balaban J connectivity index is 1.32. The lowest BCUT2D eigenvalue weighted by Gasteiger charge is -2.41. The zero-order chi connectivity index (χ0) is 21.4. The molecule has 3 saturated heterocycles. The summed E-state index contributed by atoms with van der Waals surface area (Å²) in [6.07, 6.45) is 11.0. The molecule has 3 aliphatic heterocycles. The molecular weight excluding hydrogens is 416 g/mol. The number of cyclic esters (lactones) is 1. The van der Waals surface area contributed by atoms with Gasteiger partial charge < -0.3 is 14.5 Å². The van der Waals surface area contributed by atoms with Gasteiger partial charge >= 0.3 is 6.09 Å². The van der Waals surface area contributed by atoms with Gasteiger partial charge in [-0.15, -0.1) is 0 Å². The van der Waals surface area contributed by atoms with E-state index in [1.165, 1.54) is 19.3 Å². The Morgan fingerprint density at radius 3 is 2.65 bits per heavy atom. The van der Waals surface area contributed by atoms with E-state index in [9.17, 15) is 9.59 Å². The van der Waals surface area contributed by atoms with Crippen molar-refractivity contribution in [2.45, 2.75) is 63.8 Å². The molecule has 1 aromatic rings. The Labute approximate surface area is 188 Å². The van der Waals surface area contributed by atoms with Crippen molar-refractivity contribution in [1.29, 1.82) is 0 Å². The summed E-state index contributed by atoms with van der Waals surface area (Å²) in [7, 11) is 0. The number of ether oxygens (including phenoxy) is 1. The molecule has 168 valence electrons. The zero-order valence-electron chi connectivity index (χ0n) is 18.0. The molecule has 1 aromatic heterocycles. The maximum atomic E-state index is 13.5. The van der Waals surface area contributed by atoms with Gasteiger partial charge in [-0.2, -0.15) is 0 Å². The van der Waals surface area contributed by atoms with Crippen molar-refractivity contribution in [1.82, 2.24) is 9.88 Å². The average molecular weight is 447 g/mol. The number of hydrogen-bond donors (Lipinski definition) is 0. The van der Waals surface area contributed by atoms with Gasteiger partial charge in [-0.25, -0.2) is 9.78 Å². The second-order valence-corrected chi connectivity index (χ2v) is 9.87. The third-order valence-corrected chi connectivity index (χ3v) is 7.81. The maximum absolute atomic E-state index is 13.5. The van der Waals surface area contributed by atoms with E-state index < -0.39 is 0 Å². The molecule has 4 fully saturated rings. The number of aromatic nitrogens is 1. The molecule has 1 atom stereocenters. The van der Waals surface area contributed by atoms with Crippen molar-refractivity contribution in [3.63, 3.8) is 0 Å². The van der Waals surface area contributed by atoms with Crippen LogP contribution in [-0.2, 0) is 9.53 Å². The van der Waals surface area contributed by atoms with Gasteiger partial charge in [-0.05, 0) is 44.6 Å². The fourth-order valence-corrected chi connectivity index (χ4v) is 6.15. The number of amides is 2. The smallest absolute Gasteiger partial charge is 0.414 e. The summed E-state index contributed by atoms with van der Waals surface area (Å²) in [5.74, 6) is 1.05. The molecule has 8 heteroatoms. The van der Waals surface area contributed by atoms with Crippen LogP contribution in [0.2, 0.25) is 5.02 Å². The van der Waals surface area contributed by atoms with Gasteiger partial charge in [0.1, 0.15) is 5.82 Å². The molecule has 31 heavy (non-hydrogen) atoms. The monoisotopic (exact) mass is 446 g/mol. The van der Waals surface area contributed by atoms with Crippen molar-refractivity contribution in [2.24, 2.45) is 5.41 Å². The highest BCUT2D eigenvalue weighted by Gasteiger charge is 2.50. The molecule has 0 aromatic carbocycles. The summed E-state index contributed by atoms with van der Waals surface area (Å²) in [5.41, 5.74) is 0.348. The van der Waals surface area contributed by atoms with Gasteiger partial charge in [0.2, 0.25) is 5.91 Å². The average Bonchev–Trinajstić information content (AvgIpc) is 3.10. The van der Waals surface area contributed by atoms with Crippen LogP contribution >= 0.6 is 11.6 Å². The minimum atomic E-state index is -0.354. The topological polar surface area (TPSA) is 66.0 Å². The predicted molar refractivity (Wildman–Crippen MR) is 120 cm³/mol. The fraction of sp³-hybridized carbons (Fsp3) is 0.696. The lowest BCUT2D eigenvalue weighted by molar-refractivity contribution is -0.138. The Kier molecular flexibility index (Phi) is 5.71. The minimum Gasteiger partial charge on any atom is -0.449 e. The van der Waals surface area contributed by atoms with E-state index in [-0.39, 0.29) is 11.5 Å². The first kappa shape index (κ1) is 20.9. The van der Waals surface area contributed by atoms with E-state index in [2.05, 4.69) is 14.8 Å². The number of nitrogens with zero attached hydrogens (tertiary/aromatic N) is 4. The molecule has 0 radical (unpaired) electrons. The second kappa shape index (κ2) is 8.49. The Morgan fingerprint density at radius 2 is 1.87 bits per heavy atom. The van der Waals surface area contributed by atoms with Gasteiger partial charge in [0.25, 0.3) is 0 Å². The molecule has 1 spiro atoms. The number of carbonyl (C=O) groups is 2. The SMILES string of the molecule is O=C1OCCCN1c1cnc(N2CCC[C@@]3(CCN(C4CCCCC4)C3=O)C2)c(Cl)c1. The van der Waals surface area contributed by atoms with Crippen molar-refractivity contribution in [2.75, 3.05) is 42.6 Å². The molecule has 7 nitrogen and oxygen atoms in total. The zero-order valence-corrected chi connectivity index (χ0v) is 18.8. The summed E-state index contributed by atoms with van der Waals surface area (Å²) in [4.78, 5) is 36.1. The van der Waals surface area contributed by atoms with Crippen LogP contribution in [0.4, 0.5) is 16.3 Å². The fourth-order valence-electron chi connectivity index (χ4n) is 5.87. The van der Waals surface area contributed by atoms with Gasteiger partial charge in [0, 0.05) is 32.2 Å². The van der Waals surface area contributed by atoms with Gasteiger partial charge in [-0.3, -0.25) is 9.69 Å². The summed E-state index contributed by atoms with van der Waals surface area (Å²) < 4.78 is 5.13. The predicted octanol–water partition coefficient (Wildman–Crippen LogP) is 4.23. The molecular formula is C23H31ClN4O3. The van der Waals surface area contributed by atoms with Crippen LogP contribution in [-0.4, -0.2) is 60.7 Å². The van der Waals surface area contributed by atoms with Crippen LogP contribution in [0.15, 0.2) is 12.3 Å². The molecule has 1 saturated carbocycles. The van der Waals surface area contributed by atoms with Gasteiger partial charge in [0.15, 0.2) is 0 Å². The lowest BCUT2D eigenvalue weighted by Crippen LogP contribution is -2.50. The van der Waals surface area contributed by atoms with E-state index in [1.54, 1.807) is 17.2 Å². The van der Waals surface area contributed by atoms with Crippen LogP contribution in [0.1, 0.15) is 57.8 Å². The molecule has 0 bridgehead atoms. The standard InChI is InChI=1S/C23H31ClN4O3/c24-19-14-18(28-11-5-13-31-22(28)30)15-25-20(19)26-10-4-8-23(16-26)9-12-27(21(23)29)17-6-2-1-3-7-17/h14-15,17H,1-13,16H2/t23-/m1/s1. The second-order valence-electron chi connectivity index (χ2n) is 9.46. The first-order chi connectivity index (χ1) is 15.1. The highest BCUT2D eigenvalue weighted by molar-refractivity contribution is 6.33. The molecule has 0 unspecified atom stereocenters. The van der Waals surface area contributed by atoms with E-state index in [0.717, 1.165) is 51.6 Å². The molecule has 4 heterocycles. The minimum absolute atomic E-state index is 0.309. The largest absolute Gasteiger partial charge is 0.449 e. The number of hydrogen-bond acceptors (Lipinski definition) is 5. The van der Waals surface area contributed by atoms with Crippen LogP contribution in [0.5, 0.6) is 0 Å². The van der Waals surface area contributed by atoms with E-state index in [4.69, 9.17) is 16.3 Å². The third kappa shape index (κ3) is 3.86. The van der Waals surface area contributed by atoms with Crippen LogP contribution in [0, 0.1) is 5.41 Å². The number of anilines is 2. The summed E-state index contributed by atoms with van der Waals surface area (Å²) in [5, 5.41) is 0.516. The van der Waals surface area contributed by atoms with Crippen LogP contribution < -0.4 is 9.80 Å². The van der Waals surface area contributed by atoms with Gasteiger partial charge in [0.05, 0.1) is 28.9 Å². The molecule has 5 rings (SSSR count). The third-order valence-electron chi connectivity index (χ3n) is 7.53. The molecule has 1 aliphatic carbocycles. The van der Waals surface area contributed by atoms with Crippen molar-refractivity contribution in [3.05, 3.63) is 17.3 Å². The summed E-state index contributed by atoms with van der Waals surface area (Å²) >= 11 is 6.63. The number of piperidine rings is 1. The van der Waals surface area contributed by atoms with Crippen molar-refractivity contribution < 1.29 is 14.3 Å². The maximum Gasteiger partial charge on any atom is 0.414 e. The quantitative estimate of drug-likeness (QED) is 0.695.